The SMILES string of the molecule is CN1CCN=C1N(C)N=Cc1ccc2ncnc(Nc3ccc(OCc4cccc(F)c4)c(Cl)c3)c2c1. The summed E-state index contributed by atoms with van der Waals surface area (Å²) < 4.78 is 19.2. The maximum atomic E-state index is 13.4. The van der Waals surface area contributed by atoms with Crippen LogP contribution >= 0.6 is 11.6 Å². The summed E-state index contributed by atoms with van der Waals surface area (Å²) in [4.78, 5) is 15.4. The van der Waals surface area contributed by atoms with Gasteiger partial charge >= 0.3 is 0 Å². The van der Waals surface area contributed by atoms with Gasteiger partial charge in [0.2, 0.25) is 5.96 Å². The molecule has 1 aliphatic heterocycles. The molecule has 0 radical (unpaired) electrons. The number of rotatable bonds is 7. The van der Waals surface area contributed by atoms with Crippen LogP contribution in [0.5, 0.6) is 5.75 Å². The number of hydrogen-bond acceptors (Lipinski definition) is 8. The molecule has 37 heavy (non-hydrogen) atoms. The highest BCUT2D eigenvalue weighted by Crippen LogP contribution is 2.31. The summed E-state index contributed by atoms with van der Waals surface area (Å²) in [6, 6.07) is 17.5. The zero-order chi connectivity index (χ0) is 25.8. The highest BCUT2D eigenvalue weighted by molar-refractivity contribution is 6.32. The summed E-state index contributed by atoms with van der Waals surface area (Å²) in [6.07, 6.45) is 3.30. The third-order valence-corrected chi connectivity index (χ3v) is 6.13. The van der Waals surface area contributed by atoms with Crippen LogP contribution in [-0.4, -0.2) is 59.2 Å². The van der Waals surface area contributed by atoms with Gasteiger partial charge in [-0.3, -0.25) is 0 Å². The summed E-state index contributed by atoms with van der Waals surface area (Å²) in [7, 11) is 3.88. The monoisotopic (exact) mass is 517 g/mol. The molecule has 0 saturated heterocycles. The molecule has 0 spiro atoms. The van der Waals surface area contributed by atoms with Crippen LogP contribution < -0.4 is 10.1 Å². The topological polar surface area (TPSA) is 78.2 Å². The normalized spacial score (nSPS) is 13.3. The van der Waals surface area contributed by atoms with E-state index in [9.17, 15) is 4.39 Å². The minimum atomic E-state index is -0.305. The number of aliphatic imine (C=N–C) groups is 1. The molecule has 0 atom stereocenters. The third-order valence-electron chi connectivity index (χ3n) is 5.84. The van der Waals surface area contributed by atoms with Crippen molar-refractivity contribution in [2.75, 3.05) is 32.5 Å². The van der Waals surface area contributed by atoms with Crippen LogP contribution in [0.3, 0.4) is 0 Å². The van der Waals surface area contributed by atoms with Crippen molar-refractivity contribution in [3.8, 4) is 5.75 Å². The van der Waals surface area contributed by atoms with Crippen LogP contribution in [0.25, 0.3) is 10.9 Å². The Balaban J connectivity index is 1.32. The highest BCUT2D eigenvalue weighted by Gasteiger charge is 2.16. The summed E-state index contributed by atoms with van der Waals surface area (Å²) in [5.74, 6) is 1.67. The Hall–Kier alpha value is -4.24. The number of guanidine groups is 1. The van der Waals surface area contributed by atoms with Gasteiger partial charge < -0.3 is 15.0 Å². The van der Waals surface area contributed by atoms with E-state index in [1.807, 2.05) is 38.4 Å². The Bertz CT molecular complexity index is 1490. The molecular formula is C27H25ClFN7O. The smallest absolute Gasteiger partial charge is 0.217 e. The predicted molar refractivity (Wildman–Crippen MR) is 145 cm³/mol. The molecule has 8 nitrogen and oxygen atoms in total. The van der Waals surface area contributed by atoms with E-state index in [0.717, 1.165) is 46.8 Å². The molecule has 4 aromatic rings. The molecule has 5 rings (SSSR count). The van der Waals surface area contributed by atoms with Crippen molar-refractivity contribution >= 4 is 46.2 Å². The molecule has 0 bridgehead atoms. The number of likely N-dealkylation sites (N-methyl/N-ethyl adjacent to an activating group) is 1. The largest absolute Gasteiger partial charge is 0.487 e. The predicted octanol–water partition coefficient (Wildman–Crippen LogP) is 5.31. The molecule has 1 aliphatic rings. The zero-order valence-electron chi connectivity index (χ0n) is 20.4. The Kier molecular flexibility index (Phi) is 7.14. The lowest BCUT2D eigenvalue weighted by molar-refractivity contribution is 0.306. The van der Waals surface area contributed by atoms with Gasteiger partial charge in [0.15, 0.2) is 0 Å². The van der Waals surface area contributed by atoms with Crippen molar-refractivity contribution in [2.24, 2.45) is 10.1 Å². The van der Waals surface area contributed by atoms with Crippen LogP contribution in [0.4, 0.5) is 15.9 Å². The molecule has 0 unspecified atom stereocenters. The Morgan fingerprint density at radius 3 is 2.84 bits per heavy atom. The lowest BCUT2D eigenvalue weighted by Gasteiger charge is -2.19. The maximum Gasteiger partial charge on any atom is 0.217 e. The summed E-state index contributed by atoms with van der Waals surface area (Å²) in [5, 5.41) is 10.9. The van der Waals surface area contributed by atoms with Gasteiger partial charge in [-0.2, -0.15) is 5.10 Å². The number of ether oxygens (including phenoxy) is 1. The molecule has 0 saturated carbocycles. The Morgan fingerprint density at radius 2 is 2.05 bits per heavy atom. The van der Waals surface area contributed by atoms with E-state index in [4.69, 9.17) is 16.3 Å². The molecule has 0 fully saturated rings. The number of benzene rings is 3. The summed E-state index contributed by atoms with van der Waals surface area (Å²) in [5.41, 5.74) is 3.16. The van der Waals surface area contributed by atoms with E-state index in [1.54, 1.807) is 35.5 Å². The fourth-order valence-electron chi connectivity index (χ4n) is 3.95. The fraction of sp³-hybridized carbons (Fsp3) is 0.185. The standard InChI is InChI=1S/C27H25ClFN7O/c1-35-11-10-30-27(35)36(2)33-15-18-6-8-24-22(13-18)26(32-17-31-24)34-21-7-9-25(23(28)14-21)37-16-19-4-3-5-20(29)12-19/h3-9,12-15,17H,10-11,16H2,1-2H3,(H,31,32,34). The first-order valence-electron chi connectivity index (χ1n) is 11.7. The summed E-state index contributed by atoms with van der Waals surface area (Å²) >= 11 is 6.46. The van der Waals surface area contributed by atoms with Gasteiger partial charge in [0.1, 0.15) is 30.3 Å². The second-order valence-corrected chi connectivity index (χ2v) is 8.97. The molecular weight excluding hydrogens is 493 g/mol. The van der Waals surface area contributed by atoms with Crippen molar-refractivity contribution in [1.29, 1.82) is 0 Å². The van der Waals surface area contributed by atoms with Gasteiger partial charge in [0.25, 0.3) is 0 Å². The Morgan fingerprint density at radius 1 is 1.16 bits per heavy atom. The first kappa shape index (κ1) is 24.5. The van der Waals surface area contributed by atoms with Gasteiger partial charge in [-0.05, 0) is 53.6 Å². The minimum Gasteiger partial charge on any atom is -0.487 e. The second kappa shape index (κ2) is 10.8. The van der Waals surface area contributed by atoms with Crippen molar-refractivity contribution in [3.63, 3.8) is 0 Å². The van der Waals surface area contributed by atoms with E-state index in [-0.39, 0.29) is 12.4 Å². The summed E-state index contributed by atoms with van der Waals surface area (Å²) in [6.45, 7) is 1.88. The average Bonchev–Trinajstić information content (AvgIpc) is 3.33. The molecule has 188 valence electrons. The van der Waals surface area contributed by atoms with E-state index < -0.39 is 0 Å². The van der Waals surface area contributed by atoms with Crippen LogP contribution in [-0.2, 0) is 6.61 Å². The molecule has 2 heterocycles. The number of hydrogen-bond donors (Lipinski definition) is 1. The molecule has 1 aromatic heterocycles. The molecule has 0 aliphatic carbocycles. The average molecular weight is 518 g/mol. The number of fused-ring (bicyclic) bond motifs is 1. The zero-order valence-corrected chi connectivity index (χ0v) is 21.2. The van der Waals surface area contributed by atoms with Crippen LogP contribution in [0.15, 0.2) is 77.1 Å². The van der Waals surface area contributed by atoms with Gasteiger partial charge in [-0.25, -0.2) is 24.4 Å². The van der Waals surface area contributed by atoms with Crippen molar-refractivity contribution in [2.45, 2.75) is 6.61 Å². The molecule has 3 aromatic carbocycles. The van der Waals surface area contributed by atoms with Crippen LogP contribution in [0.1, 0.15) is 11.1 Å². The third kappa shape index (κ3) is 5.78. The number of anilines is 2. The first-order chi connectivity index (χ1) is 18.0. The van der Waals surface area contributed by atoms with Gasteiger partial charge in [0, 0.05) is 31.7 Å². The van der Waals surface area contributed by atoms with E-state index >= 15 is 0 Å². The number of hydrazone groups is 1. The second-order valence-electron chi connectivity index (χ2n) is 8.56. The van der Waals surface area contributed by atoms with E-state index in [0.29, 0.717) is 16.6 Å². The molecule has 0 amide bonds. The molecule has 1 N–H and O–H groups in total. The quantitative estimate of drug-likeness (QED) is 0.264. The fourth-order valence-corrected chi connectivity index (χ4v) is 4.18. The van der Waals surface area contributed by atoms with Gasteiger partial charge in [-0.15, -0.1) is 0 Å². The maximum absolute atomic E-state index is 13.4. The lowest BCUT2D eigenvalue weighted by Crippen LogP contribution is -2.34. The molecule has 10 heteroatoms. The van der Waals surface area contributed by atoms with Crippen molar-refractivity contribution in [1.82, 2.24) is 19.9 Å². The van der Waals surface area contributed by atoms with E-state index in [2.05, 4.69) is 30.3 Å². The number of aromatic nitrogens is 2. The number of nitrogens with one attached hydrogen (secondary N) is 1. The highest BCUT2D eigenvalue weighted by atomic mass is 35.5. The van der Waals surface area contributed by atoms with Crippen molar-refractivity contribution < 1.29 is 9.13 Å². The minimum absolute atomic E-state index is 0.212. The van der Waals surface area contributed by atoms with Crippen LogP contribution in [0.2, 0.25) is 5.02 Å². The lowest BCUT2D eigenvalue weighted by atomic mass is 10.1. The van der Waals surface area contributed by atoms with E-state index in [1.165, 1.54) is 18.5 Å². The Labute approximate surface area is 219 Å². The van der Waals surface area contributed by atoms with Gasteiger partial charge in [0.05, 0.1) is 23.3 Å². The number of halogens is 2. The van der Waals surface area contributed by atoms with Crippen LogP contribution in [0, 0.1) is 5.82 Å². The number of nitrogens with zero attached hydrogens (tertiary/aromatic N) is 6. The van der Waals surface area contributed by atoms with Gasteiger partial charge in [-0.1, -0.05) is 29.8 Å². The van der Waals surface area contributed by atoms with Crippen molar-refractivity contribution in [3.05, 3.63) is 89.0 Å². The first-order valence-corrected chi connectivity index (χ1v) is 12.1.